The molecule has 0 aromatic heterocycles. The Balaban J connectivity index is 2.54. The van der Waals surface area contributed by atoms with Gasteiger partial charge >= 0.3 is 0 Å². The lowest BCUT2D eigenvalue weighted by atomic mass is 9.87. The van der Waals surface area contributed by atoms with Crippen molar-refractivity contribution in [2.75, 3.05) is 6.61 Å². The summed E-state index contributed by atoms with van der Waals surface area (Å²) in [5.74, 6) is 0.916. The van der Waals surface area contributed by atoms with Crippen molar-refractivity contribution in [1.82, 2.24) is 0 Å². The van der Waals surface area contributed by atoms with Gasteiger partial charge in [0, 0.05) is 6.04 Å². The minimum atomic E-state index is 0.130. The van der Waals surface area contributed by atoms with E-state index in [0.717, 1.165) is 18.6 Å². The molecule has 0 heterocycles. The van der Waals surface area contributed by atoms with Crippen LogP contribution < -0.4 is 10.5 Å². The quantitative estimate of drug-likeness (QED) is 0.839. The molecule has 0 saturated carbocycles. The summed E-state index contributed by atoms with van der Waals surface area (Å²) in [5.41, 5.74) is 7.73. The summed E-state index contributed by atoms with van der Waals surface area (Å²) < 4.78 is 5.41. The average Bonchev–Trinajstić information content (AvgIpc) is 2.26. The molecular formula is C15H25NO. The van der Waals surface area contributed by atoms with Crippen LogP contribution in [0.1, 0.15) is 52.1 Å². The van der Waals surface area contributed by atoms with E-state index in [-0.39, 0.29) is 6.04 Å². The Labute approximate surface area is 105 Å². The first kappa shape index (κ1) is 14.0. The summed E-state index contributed by atoms with van der Waals surface area (Å²) in [6, 6.07) is 8.26. The van der Waals surface area contributed by atoms with E-state index in [4.69, 9.17) is 10.5 Å². The lowest BCUT2D eigenvalue weighted by Gasteiger charge is -2.21. The highest BCUT2D eigenvalue weighted by molar-refractivity contribution is 5.29. The van der Waals surface area contributed by atoms with Gasteiger partial charge in [0.15, 0.2) is 0 Å². The molecule has 0 aliphatic rings. The van der Waals surface area contributed by atoms with Gasteiger partial charge in [0.2, 0.25) is 0 Å². The van der Waals surface area contributed by atoms with Gasteiger partial charge in [-0.2, -0.15) is 0 Å². The lowest BCUT2D eigenvalue weighted by molar-refractivity contribution is 0.339. The Morgan fingerprint density at radius 1 is 1.18 bits per heavy atom. The van der Waals surface area contributed by atoms with Crippen LogP contribution >= 0.6 is 0 Å². The number of benzene rings is 1. The fourth-order valence-electron chi connectivity index (χ4n) is 1.73. The molecule has 0 fully saturated rings. The van der Waals surface area contributed by atoms with Crippen LogP contribution in [0.2, 0.25) is 0 Å². The zero-order chi connectivity index (χ0) is 12.9. The van der Waals surface area contributed by atoms with Crippen molar-refractivity contribution in [2.24, 2.45) is 11.1 Å². The summed E-state index contributed by atoms with van der Waals surface area (Å²) in [7, 11) is 0. The minimum Gasteiger partial charge on any atom is -0.494 e. The molecular weight excluding hydrogens is 210 g/mol. The van der Waals surface area contributed by atoms with E-state index in [2.05, 4.69) is 32.9 Å². The highest BCUT2D eigenvalue weighted by atomic mass is 16.5. The van der Waals surface area contributed by atoms with Crippen molar-refractivity contribution in [3.05, 3.63) is 29.8 Å². The first-order valence-electron chi connectivity index (χ1n) is 6.41. The van der Waals surface area contributed by atoms with Gasteiger partial charge in [-0.15, -0.1) is 0 Å². The normalized spacial score (nSPS) is 13.5. The summed E-state index contributed by atoms with van der Waals surface area (Å²) in [4.78, 5) is 0. The molecule has 96 valence electrons. The Bertz CT molecular complexity index is 324. The first-order valence-corrected chi connectivity index (χ1v) is 6.41. The van der Waals surface area contributed by atoms with E-state index in [1.165, 1.54) is 5.56 Å². The van der Waals surface area contributed by atoms with Gasteiger partial charge in [0.05, 0.1) is 6.61 Å². The molecule has 0 aliphatic heterocycles. The molecule has 1 aromatic carbocycles. The third-order valence-electron chi connectivity index (χ3n) is 2.82. The van der Waals surface area contributed by atoms with E-state index in [0.29, 0.717) is 12.0 Å². The van der Waals surface area contributed by atoms with Gasteiger partial charge in [0.1, 0.15) is 5.75 Å². The molecule has 0 saturated heterocycles. The van der Waals surface area contributed by atoms with E-state index < -0.39 is 0 Å². The number of rotatable bonds is 5. The summed E-state index contributed by atoms with van der Waals surface area (Å²) in [6.45, 7) is 9.44. The summed E-state index contributed by atoms with van der Waals surface area (Å²) >= 11 is 0. The van der Waals surface area contributed by atoms with Crippen LogP contribution in [0.4, 0.5) is 0 Å². The SMILES string of the molecule is CCOc1ccc(C(N)CCC(C)(C)C)cc1. The maximum Gasteiger partial charge on any atom is 0.119 e. The highest BCUT2D eigenvalue weighted by Crippen LogP contribution is 2.26. The molecule has 1 atom stereocenters. The number of nitrogens with two attached hydrogens (primary N) is 1. The second kappa shape index (κ2) is 6.06. The Morgan fingerprint density at radius 2 is 1.76 bits per heavy atom. The molecule has 2 heteroatoms. The predicted molar refractivity (Wildman–Crippen MR) is 73.2 cm³/mol. The molecule has 2 N–H and O–H groups in total. The highest BCUT2D eigenvalue weighted by Gasteiger charge is 2.13. The number of hydrogen-bond acceptors (Lipinski definition) is 2. The van der Waals surface area contributed by atoms with Crippen molar-refractivity contribution in [1.29, 1.82) is 0 Å². The molecule has 1 unspecified atom stereocenters. The van der Waals surface area contributed by atoms with Crippen molar-refractivity contribution in [3.63, 3.8) is 0 Å². The molecule has 0 radical (unpaired) electrons. The second-order valence-electron chi connectivity index (χ2n) is 5.71. The second-order valence-corrected chi connectivity index (χ2v) is 5.71. The fourth-order valence-corrected chi connectivity index (χ4v) is 1.73. The molecule has 2 nitrogen and oxygen atoms in total. The van der Waals surface area contributed by atoms with E-state index in [1.807, 2.05) is 19.1 Å². The van der Waals surface area contributed by atoms with Crippen molar-refractivity contribution >= 4 is 0 Å². The van der Waals surface area contributed by atoms with Gasteiger partial charge in [-0.3, -0.25) is 0 Å². The average molecular weight is 235 g/mol. The van der Waals surface area contributed by atoms with Crippen LogP contribution in [-0.4, -0.2) is 6.61 Å². The van der Waals surface area contributed by atoms with Gasteiger partial charge in [-0.25, -0.2) is 0 Å². The maximum absolute atomic E-state index is 6.19. The number of ether oxygens (including phenoxy) is 1. The largest absolute Gasteiger partial charge is 0.494 e. The van der Waals surface area contributed by atoms with Crippen molar-refractivity contribution in [3.8, 4) is 5.75 Å². The van der Waals surface area contributed by atoms with Crippen LogP contribution in [0, 0.1) is 5.41 Å². The fraction of sp³-hybridized carbons (Fsp3) is 0.600. The Hall–Kier alpha value is -1.02. The van der Waals surface area contributed by atoms with Crippen molar-refractivity contribution < 1.29 is 4.74 Å². The zero-order valence-corrected chi connectivity index (χ0v) is 11.5. The van der Waals surface area contributed by atoms with Crippen LogP contribution in [-0.2, 0) is 0 Å². The monoisotopic (exact) mass is 235 g/mol. The van der Waals surface area contributed by atoms with Gasteiger partial charge < -0.3 is 10.5 Å². The first-order chi connectivity index (χ1) is 7.92. The third-order valence-corrected chi connectivity index (χ3v) is 2.82. The minimum absolute atomic E-state index is 0.130. The molecule has 0 aliphatic carbocycles. The van der Waals surface area contributed by atoms with E-state index in [9.17, 15) is 0 Å². The van der Waals surface area contributed by atoms with Gasteiger partial charge in [-0.05, 0) is 42.9 Å². The molecule has 0 amide bonds. The molecule has 0 bridgehead atoms. The van der Waals surface area contributed by atoms with E-state index in [1.54, 1.807) is 0 Å². The molecule has 17 heavy (non-hydrogen) atoms. The number of hydrogen-bond donors (Lipinski definition) is 1. The third kappa shape index (κ3) is 5.22. The molecule has 1 aromatic rings. The van der Waals surface area contributed by atoms with Gasteiger partial charge in [0.25, 0.3) is 0 Å². The topological polar surface area (TPSA) is 35.2 Å². The van der Waals surface area contributed by atoms with E-state index >= 15 is 0 Å². The Morgan fingerprint density at radius 3 is 2.24 bits per heavy atom. The van der Waals surface area contributed by atoms with Crippen LogP contribution in [0.5, 0.6) is 5.75 Å². The predicted octanol–water partition coefficient (Wildman–Crippen LogP) is 3.91. The summed E-state index contributed by atoms with van der Waals surface area (Å²) in [6.07, 6.45) is 2.17. The van der Waals surface area contributed by atoms with Gasteiger partial charge in [-0.1, -0.05) is 32.9 Å². The van der Waals surface area contributed by atoms with Crippen LogP contribution in [0.25, 0.3) is 0 Å². The standard InChI is InChI=1S/C15H25NO/c1-5-17-13-8-6-12(7-9-13)14(16)10-11-15(2,3)4/h6-9,14H,5,10-11,16H2,1-4H3. The molecule has 1 rings (SSSR count). The maximum atomic E-state index is 6.19. The van der Waals surface area contributed by atoms with Crippen LogP contribution in [0.3, 0.4) is 0 Å². The lowest BCUT2D eigenvalue weighted by Crippen LogP contribution is -2.14. The van der Waals surface area contributed by atoms with Crippen molar-refractivity contribution in [2.45, 2.75) is 46.6 Å². The summed E-state index contributed by atoms with van der Waals surface area (Å²) in [5, 5.41) is 0. The Kier molecular flexibility index (Phi) is 5.01. The smallest absolute Gasteiger partial charge is 0.119 e. The zero-order valence-electron chi connectivity index (χ0n) is 11.5. The molecule has 0 spiro atoms. The van der Waals surface area contributed by atoms with Crippen LogP contribution in [0.15, 0.2) is 24.3 Å².